The Labute approximate surface area is 154 Å². The second-order valence-corrected chi connectivity index (χ2v) is 5.32. The first-order valence-corrected chi connectivity index (χ1v) is 7.52. The van der Waals surface area contributed by atoms with Crippen molar-refractivity contribution >= 4 is 18.5 Å². The summed E-state index contributed by atoms with van der Waals surface area (Å²) in [6.45, 7) is 0. The van der Waals surface area contributed by atoms with E-state index in [9.17, 15) is 31.1 Å². The molecule has 28 heavy (non-hydrogen) atoms. The van der Waals surface area contributed by atoms with Gasteiger partial charge in [0.05, 0.1) is 23.6 Å². The van der Waals surface area contributed by atoms with Crippen molar-refractivity contribution in [3.63, 3.8) is 0 Å². The van der Waals surface area contributed by atoms with Crippen molar-refractivity contribution in [2.24, 2.45) is 10.2 Å². The summed E-state index contributed by atoms with van der Waals surface area (Å²) in [7, 11) is 0. The maximum Gasteiger partial charge on any atom is 0.416 e. The van der Waals surface area contributed by atoms with Gasteiger partial charge in [0, 0.05) is 0 Å². The highest BCUT2D eigenvalue weighted by Crippen LogP contribution is 2.30. The van der Waals surface area contributed by atoms with Gasteiger partial charge in [0.15, 0.2) is 0 Å². The molecule has 0 radical (unpaired) electrons. The lowest BCUT2D eigenvalue weighted by Crippen LogP contribution is -2.28. The highest BCUT2D eigenvalue weighted by Gasteiger charge is 2.30. The van der Waals surface area contributed by atoms with Gasteiger partial charge >= 0.3 is 18.4 Å². The zero-order valence-electron chi connectivity index (χ0n) is 13.8. The van der Waals surface area contributed by atoms with E-state index in [1.54, 1.807) is 0 Å². The molecule has 11 heteroatoms. The largest absolute Gasteiger partial charge is 0.416 e. The lowest BCUT2D eigenvalue weighted by atomic mass is 10.1. The summed E-state index contributed by atoms with van der Waals surface area (Å²) in [6.07, 6.45) is -7.03. The van der Waals surface area contributed by atoms with Gasteiger partial charge in [0.2, 0.25) is 0 Å². The van der Waals surface area contributed by atoms with Crippen LogP contribution in [0.1, 0.15) is 22.3 Å². The Kier molecular flexibility index (Phi) is 6.39. The Morgan fingerprint density at radius 1 is 0.750 bits per heavy atom. The molecule has 148 valence electrons. The predicted octanol–water partition coefficient (Wildman–Crippen LogP) is 4.39. The number of carbonyl (C=O) groups excluding carboxylic acids is 1. The normalized spacial score (nSPS) is 12.5. The van der Waals surface area contributed by atoms with E-state index in [1.807, 2.05) is 10.9 Å². The molecule has 2 N–H and O–H groups in total. The van der Waals surface area contributed by atoms with Gasteiger partial charge in [0.1, 0.15) is 0 Å². The minimum Gasteiger partial charge on any atom is -0.245 e. The summed E-state index contributed by atoms with van der Waals surface area (Å²) >= 11 is 0. The molecule has 0 fully saturated rings. The van der Waals surface area contributed by atoms with Gasteiger partial charge in [-0.25, -0.2) is 15.6 Å². The molecule has 2 rings (SSSR count). The molecule has 0 unspecified atom stereocenters. The number of benzene rings is 2. The van der Waals surface area contributed by atoms with Crippen molar-refractivity contribution < 1.29 is 31.1 Å². The topological polar surface area (TPSA) is 65.8 Å². The summed E-state index contributed by atoms with van der Waals surface area (Å²) in [5.41, 5.74) is 2.37. The highest BCUT2D eigenvalue weighted by molar-refractivity contribution is 5.83. The lowest BCUT2D eigenvalue weighted by molar-refractivity contribution is -0.138. The van der Waals surface area contributed by atoms with Gasteiger partial charge in [0.25, 0.3) is 0 Å². The van der Waals surface area contributed by atoms with Crippen LogP contribution in [-0.4, -0.2) is 18.5 Å². The number of rotatable bonds is 4. The molecule has 0 bridgehead atoms. The fraction of sp³-hybridized carbons (Fsp3) is 0.118. The minimum absolute atomic E-state index is 0.0996. The van der Waals surface area contributed by atoms with Crippen molar-refractivity contribution in [2.75, 3.05) is 0 Å². The predicted molar refractivity (Wildman–Crippen MR) is 89.7 cm³/mol. The molecule has 0 aliphatic heterocycles. The Bertz CT molecular complexity index is 818. The van der Waals surface area contributed by atoms with Crippen LogP contribution < -0.4 is 10.9 Å². The second kappa shape index (κ2) is 8.55. The van der Waals surface area contributed by atoms with E-state index in [1.165, 1.54) is 24.3 Å². The van der Waals surface area contributed by atoms with Crippen LogP contribution in [-0.2, 0) is 12.4 Å². The van der Waals surface area contributed by atoms with Gasteiger partial charge < -0.3 is 0 Å². The van der Waals surface area contributed by atoms with E-state index in [0.717, 1.165) is 36.7 Å². The molecule has 0 aliphatic carbocycles. The SMILES string of the molecule is O=C(NN=Cc1cccc(C(F)(F)F)c1)NN=Cc1cccc(C(F)(F)F)c1. The number of hydrogen-bond acceptors (Lipinski definition) is 3. The molecule has 0 atom stereocenters. The lowest BCUT2D eigenvalue weighted by Gasteiger charge is -2.06. The van der Waals surface area contributed by atoms with Crippen LogP contribution in [0, 0.1) is 0 Å². The first kappa shape index (κ1) is 20.9. The van der Waals surface area contributed by atoms with E-state index in [-0.39, 0.29) is 11.1 Å². The number of halogens is 6. The van der Waals surface area contributed by atoms with Crippen molar-refractivity contribution in [3.05, 3.63) is 70.8 Å². The zero-order chi connectivity index (χ0) is 20.8. The number of nitrogens with zero attached hydrogens (tertiary/aromatic N) is 2. The Morgan fingerprint density at radius 2 is 1.14 bits per heavy atom. The number of nitrogens with one attached hydrogen (secondary N) is 2. The zero-order valence-corrected chi connectivity index (χ0v) is 13.8. The maximum atomic E-state index is 12.6. The third kappa shape index (κ3) is 6.41. The Morgan fingerprint density at radius 3 is 1.50 bits per heavy atom. The highest BCUT2D eigenvalue weighted by atomic mass is 19.4. The number of alkyl halides is 6. The minimum atomic E-state index is -4.51. The van der Waals surface area contributed by atoms with Gasteiger partial charge in [-0.1, -0.05) is 24.3 Å². The standard InChI is InChI=1S/C17H12F6N4O/c18-16(19,20)13-5-1-3-11(7-13)9-24-26-15(28)27-25-10-12-4-2-6-14(8-12)17(21,22)23/h1-10H,(H2,26,27,28). The quantitative estimate of drug-likeness (QED) is 0.445. The average molecular weight is 402 g/mol. The first-order valence-electron chi connectivity index (χ1n) is 7.52. The molecule has 2 aromatic rings. The van der Waals surface area contributed by atoms with Crippen LogP contribution in [0.5, 0.6) is 0 Å². The molecule has 0 aromatic heterocycles. The van der Waals surface area contributed by atoms with Gasteiger partial charge in [-0.2, -0.15) is 36.5 Å². The third-order valence-electron chi connectivity index (χ3n) is 3.19. The van der Waals surface area contributed by atoms with Crippen LogP contribution in [0.15, 0.2) is 58.7 Å². The Balaban J connectivity index is 1.90. The van der Waals surface area contributed by atoms with Gasteiger partial charge in [-0.05, 0) is 35.4 Å². The Hall–Kier alpha value is -3.37. The number of amides is 2. The number of hydrazone groups is 2. The molecular formula is C17H12F6N4O. The van der Waals surface area contributed by atoms with Crippen LogP contribution in [0.3, 0.4) is 0 Å². The van der Waals surface area contributed by atoms with Crippen molar-refractivity contribution in [1.82, 2.24) is 10.9 Å². The molecule has 5 nitrogen and oxygen atoms in total. The maximum absolute atomic E-state index is 12.6. The van der Waals surface area contributed by atoms with Crippen LogP contribution in [0.25, 0.3) is 0 Å². The van der Waals surface area contributed by atoms with E-state index in [4.69, 9.17) is 0 Å². The number of hydrogen-bond donors (Lipinski definition) is 2. The van der Waals surface area contributed by atoms with Gasteiger partial charge in [-0.3, -0.25) is 0 Å². The average Bonchev–Trinajstić information content (AvgIpc) is 2.61. The molecular weight excluding hydrogens is 390 g/mol. The summed E-state index contributed by atoms with van der Waals surface area (Å²) in [5.74, 6) is 0. The summed E-state index contributed by atoms with van der Waals surface area (Å²) in [4.78, 5) is 11.5. The van der Waals surface area contributed by atoms with Crippen LogP contribution >= 0.6 is 0 Å². The van der Waals surface area contributed by atoms with Crippen LogP contribution in [0.2, 0.25) is 0 Å². The molecule has 0 heterocycles. The van der Waals surface area contributed by atoms with Crippen LogP contribution in [0.4, 0.5) is 31.1 Å². The molecule has 0 aliphatic rings. The third-order valence-corrected chi connectivity index (χ3v) is 3.19. The van der Waals surface area contributed by atoms with Crippen molar-refractivity contribution in [2.45, 2.75) is 12.4 Å². The smallest absolute Gasteiger partial charge is 0.245 e. The molecule has 0 saturated heterocycles. The van der Waals surface area contributed by atoms with Crippen molar-refractivity contribution in [1.29, 1.82) is 0 Å². The first-order chi connectivity index (χ1) is 13.1. The fourth-order valence-electron chi connectivity index (χ4n) is 1.95. The van der Waals surface area contributed by atoms with E-state index in [0.29, 0.717) is 0 Å². The molecule has 0 spiro atoms. The monoisotopic (exact) mass is 402 g/mol. The number of urea groups is 1. The van der Waals surface area contributed by atoms with E-state index >= 15 is 0 Å². The summed E-state index contributed by atoms with van der Waals surface area (Å²) < 4.78 is 75.5. The number of carbonyl (C=O) groups is 1. The van der Waals surface area contributed by atoms with Gasteiger partial charge in [-0.15, -0.1) is 0 Å². The summed E-state index contributed by atoms with van der Waals surface area (Å²) in [6, 6.07) is 7.59. The van der Waals surface area contributed by atoms with Crippen molar-refractivity contribution in [3.8, 4) is 0 Å². The summed E-state index contributed by atoms with van der Waals surface area (Å²) in [5, 5.41) is 6.92. The van der Waals surface area contributed by atoms with E-state index < -0.39 is 29.5 Å². The molecule has 2 amide bonds. The van der Waals surface area contributed by atoms with E-state index in [2.05, 4.69) is 10.2 Å². The molecule has 0 saturated carbocycles. The second-order valence-electron chi connectivity index (χ2n) is 5.32. The fourth-order valence-corrected chi connectivity index (χ4v) is 1.95. The molecule has 2 aromatic carbocycles.